The molecule has 38 heavy (non-hydrogen) atoms. The van der Waals surface area contributed by atoms with Crippen LogP contribution >= 0.6 is 11.3 Å². The lowest BCUT2D eigenvalue weighted by Gasteiger charge is -2.28. The summed E-state index contributed by atoms with van der Waals surface area (Å²) in [4.78, 5) is 31.7. The zero-order valence-electron chi connectivity index (χ0n) is 23.5. The first-order valence-electron chi connectivity index (χ1n) is 13.7. The normalized spacial score (nSPS) is 13.5. The van der Waals surface area contributed by atoms with Crippen molar-refractivity contribution in [2.45, 2.75) is 64.8 Å². The van der Waals surface area contributed by atoms with Crippen molar-refractivity contribution >= 4 is 23.2 Å². The molecule has 7 nitrogen and oxygen atoms in total. The Labute approximate surface area is 232 Å². The average Bonchev–Trinajstić information content (AvgIpc) is 3.60. The van der Waals surface area contributed by atoms with Gasteiger partial charge in [0.05, 0.1) is 27.3 Å². The lowest BCUT2D eigenvalue weighted by atomic mass is 10.0. The number of thiophene rings is 1. The molecule has 0 aliphatic heterocycles. The van der Waals surface area contributed by atoms with Crippen molar-refractivity contribution in [3.05, 3.63) is 45.6 Å². The van der Waals surface area contributed by atoms with E-state index in [2.05, 4.69) is 18.4 Å². The van der Waals surface area contributed by atoms with Gasteiger partial charge in [-0.1, -0.05) is 31.7 Å². The van der Waals surface area contributed by atoms with Gasteiger partial charge in [-0.15, -0.1) is 11.3 Å². The van der Waals surface area contributed by atoms with Crippen molar-refractivity contribution in [1.82, 2.24) is 9.80 Å². The zero-order chi connectivity index (χ0) is 27.3. The minimum atomic E-state index is -0.0232. The molecule has 0 unspecified atom stereocenters. The van der Waals surface area contributed by atoms with Crippen LogP contribution in [0.3, 0.4) is 0 Å². The second-order valence-electron chi connectivity index (χ2n) is 10.1. The van der Waals surface area contributed by atoms with Crippen molar-refractivity contribution in [2.24, 2.45) is 5.92 Å². The summed E-state index contributed by atoms with van der Waals surface area (Å²) < 4.78 is 16.0. The fraction of sp³-hybridized carbons (Fsp3) is 0.600. The molecule has 0 bridgehead atoms. The summed E-state index contributed by atoms with van der Waals surface area (Å²) in [7, 11) is 4.91. The molecular formula is C30H44N2O5S. The maximum atomic E-state index is 13.7. The molecule has 1 fully saturated rings. The third-order valence-corrected chi connectivity index (χ3v) is 8.48. The molecule has 1 saturated carbocycles. The summed E-state index contributed by atoms with van der Waals surface area (Å²) >= 11 is 1.66. The van der Waals surface area contributed by atoms with Crippen LogP contribution in [0.2, 0.25) is 0 Å². The number of aryl methyl sites for hydroxylation is 1. The number of nitrogens with zero attached hydrogens (tertiary/aromatic N) is 2. The molecule has 1 aromatic carbocycles. The van der Waals surface area contributed by atoms with Gasteiger partial charge in [-0.2, -0.15) is 0 Å². The monoisotopic (exact) mass is 544 g/mol. The van der Waals surface area contributed by atoms with Crippen molar-refractivity contribution in [3.63, 3.8) is 0 Å². The molecule has 1 heterocycles. The van der Waals surface area contributed by atoms with E-state index in [9.17, 15) is 9.59 Å². The number of ether oxygens (including phenoxy) is 3. The van der Waals surface area contributed by atoms with Crippen LogP contribution in [0.4, 0.5) is 0 Å². The van der Waals surface area contributed by atoms with E-state index < -0.39 is 0 Å². The Morgan fingerprint density at radius 2 is 1.74 bits per heavy atom. The van der Waals surface area contributed by atoms with E-state index in [1.807, 2.05) is 23.1 Å². The third kappa shape index (κ3) is 9.02. The van der Waals surface area contributed by atoms with Gasteiger partial charge >= 0.3 is 0 Å². The second kappa shape index (κ2) is 15.7. The van der Waals surface area contributed by atoms with E-state index in [-0.39, 0.29) is 18.4 Å². The van der Waals surface area contributed by atoms with E-state index in [0.29, 0.717) is 62.9 Å². The lowest BCUT2D eigenvalue weighted by molar-refractivity contribution is -0.141. The van der Waals surface area contributed by atoms with Gasteiger partial charge in [0.2, 0.25) is 11.8 Å². The Bertz CT molecular complexity index is 1020. The van der Waals surface area contributed by atoms with Crippen molar-refractivity contribution < 1.29 is 23.8 Å². The van der Waals surface area contributed by atoms with Crippen molar-refractivity contribution in [3.8, 4) is 11.5 Å². The molecule has 210 valence electrons. The van der Waals surface area contributed by atoms with E-state index in [0.717, 1.165) is 12.0 Å². The van der Waals surface area contributed by atoms with Crippen LogP contribution in [-0.4, -0.2) is 69.2 Å². The van der Waals surface area contributed by atoms with E-state index in [1.54, 1.807) is 37.6 Å². The fourth-order valence-electron chi connectivity index (χ4n) is 5.07. The number of rotatable bonds is 16. The molecule has 0 radical (unpaired) electrons. The summed E-state index contributed by atoms with van der Waals surface area (Å²) in [6.07, 6.45) is 7.81. The first-order valence-corrected chi connectivity index (χ1v) is 14.6. The fourth-order valence-corrected chi connectivity index (χ4v) is 5.99. The Balaban J connectivity index is 1.70. The van der Waals surface area contributed by atoms with Gasteiger partial charge < -0.3 is 24.0 Å². The topological polar surface area (TPSA) is 68.3 Å². The van der Waals surface area contributed by atoms with Gasteiger partial charge in [0.25, 0.3) is 0 Å². The maximum absolute atomic E-state index is 13.7. The number of methoxy groups -OCH3 is 3. The number of hydrogen-bond donors (Lipinski definition) is 0. The molecule has 0 spiro atoms. The van der Waals surface area contributed by atoms with Crippen molar-refractivity contribution in [2.75, 3.05) is 47.6 Å². The lowest BCUT2D eigenvalue weighted by Crippen LogP contribution is -2.44. The van der Waals surface area contributed by atoms with Gasteiger partial charge in [-0.3, -0.25) is 9.59 Å². The first kappa shape index (κ1) is 30.0. The highest BCUT2D eigenvalue weighted by Gasteiger charge is 2.24. The zero-order valence-corrected chi connectivity index (χ0v) is 24.3. The first-order chi connectivity index (χ1) is 18.4. The molecule has 0 N–H and O–H groups in total. The predicted octanol–water partition coefficient (Wildman–Crippen LogP) is 5.48. The smallest absolute Gasteiger partial charge is 0.242 e. The van der Waals surface area contributed by atoms with Gasteiger partial charge in [0.15, 0.2) is 11.5 Å². The Morgan fingerprint density at radius 1 is 0.974 bits per heavy atom. The van der Waals surface area contributed by atoms with Crippen LogP contribution in [0, 0.1) is 12.8 Å². The minimum absolute atomic E-state index is 0.0232. The number of benzene rings is 1. The minimum Gasteiger partial charge on any atom is -0.493 e. The van der Waals surface area contributed by atoms with Gasteiger partial charge in [-0.05, 0) is 66.8 Å². The van der Waals surface area contributed by atoms with Crippen LogP contribution in [-0.2, 0) is 27.3 Å². The molecule has 1 aliphatic rings. The highest BCUT2D eigenvalue weighted by molar-refractivity contribution is 7.10. The van der Waals surface area contributed by atoms with Crippen LogP contribution in [0.1, 0.15) is 60.9 Å². The molecule has 1 aliphatic carbocycles. The third-order valence-electron chi connectivity index (χ3n) is 7.47. The average molecular weight is 545 g/mol. The number of carbonyl (C=O) groups is 2. The van der Waals surface area contributed by atoms with Crippen LogP contribution < -0.4 is 9.47 Å². The number of carbonyl (C=O) groups excluding carboxylic acids is 2. The molecule has 8 heteroatoms. The second-order valence-corrected chi connectivity index (χ2v) is 11.1. The van der Waals surface area contributed by atoms with Crippen molar-refractivity contribution in [1.29, 1.82) is 0 Å². The summed E-state index contributed by atoms with van der Waals surface area (Å²) in [5.74, 6) is 2.06. The van der Waals surface area contributed by atoms with Gasteiger partial charge in [0, 0.05) is 38.1 Å². The van der Waals surface area contributed by atoms with E-state index in [1.165, 1.54) is 36.1 Å². The number of hydrogen-bond acceptors (Lipinski definition) is 6. The molecule has 1 aromatic heterocycles. The Morgan fingerprint density at radius 3 is 2.39 bits per heavy atom. The molecule has 0 saturated heterocycles. The Kier molecular flexibility index (Phi) is 12.4. The highest BCUT2D eigenvalue weighted by atomic mass is 32.1. The summed E-state index contributed by atoms with van der Waals surface area (Å²) in [6.45, 7) is 4.37. The summed E-state index contributed by atoms with van der Waals surface area (Å²) in [5, 5.41) is 2.06. The largest absolute Gasteiger partial charge is 0.493 e. The molecule has 3 rings (SSSR count). The van der Waals surface area contributed by atoms with E-state index in [4.69, 9.17) is 14.2 Å². The summed E-state index contributed by atoms with van der Waals surface area (Å²) in [6, 6.07) is 7.94. The number of amides is 2. The van der Waals surface area contributed by atoms with Crippen LogP contribution in [0.15, 0.2) is 29.6 Å². The summed E-state index contributed by atoms with van der Waals surface area (Å²) in [5.41, 5.74) is 2.25. The quantitative estimate of drug-likeness (QED) is 0.262. The van der Waals surface area contributed by atoms with Crippen LogP contribution in [0.5, 0.6) is 11.5 Å². The van der Waals surface area contributed by atoms with Crippen LogP contribution in [0.25, 0.3) is 0 Å². The molecule has 2 amide bonds. The molecule has 2 aromatic rings. The highest BCUT2D eigenvalue weighted by Crippen LogP contribution is 2.29. The SMILES string of the molecule is COCCCN(CC(=O)N(CCc1ccc(OC)c(OC)c1)Cc1sccc1C)C(=O)CCC1CCCC1. The van der Waals surface area contributed by atoms with Gasteiger partial charge in [0.1, 0.15) is 0 Å². The predicted molar refractivity (Wildman–Crippen MR) is 152 cm³/mol. The Hall–Kier alpha value is -2.58. The maximum Gasteiger partial charge on any atom is 0.242 e. The molecule has 0 atom stereocenters. The van der Waals surface area contributed by atoms with Gasteiger partial charge in [-0.25, -0.2) is 0 Å². The molecular weight excluding hydrogens is 500 g/mol. The standard InChI is InChI=1S/C30H44N2O5S/c1-23-15-19-38-28(23)21-32(17-14-25-10-12-26(36-3)27(20-25)37-4)30(34)22-31(16-7-18-35-2)29(33)13-11-24-8-5-6-9-24/h10,12,15,19-20,24H,5-9,11,13-14,16-18,21-22H2,1-4H3. The van der Waals surface area contributed by atoms with E-state index >= 15 is 0 Å².